The third-order valence-corrected chi connectivity index (χ3v) is 6.80. The van der Waals surface area contributed by atoms with Crippen LogP contribution in [0.25, 0.3) is 11.1 Å². The van der Waals surface area contributed by atoms with Crippen molar-refractivity contribution in [3.63, 3.8) is 0 Å². The van der Waals surface area contributed by atoms with Gasteiger partial charge in [0, 0.05) is 25.0 Å². The summed E-state index contributed by atoms with van der Waals surface area (Å²) in [5.74, 6) is -5.27. The lowest BCUT2D eigenvalue weighted by Crippen LogP contribution is -2.55. The van der Waals surface area contributed by atoms with Crippen LogP contribution in [0.3, 0.4) is 0 Å². The Bertz CT molecular complexity index is 1080. The highest BCUT2D eigenvalue weighted by atomic mass is 32.3. The van der Waals surface area contributed by atoms with Crippen LogP contribution in [0.5, 0.6) is 0 Å². The van der Waals surface area contributed by atoms with Crippen LogP contribution in [0.2, 0.25) is 0 Å². The molecular formula is C23H26F4N2O3S. The van der Waals surface area contributed by atoms with E-state index < -0.39 is 58.3 Å². The summed E-state index contributed by atoms with van der Waals surface area (Å²) in [6.45, 7) is -0.402. The third kappa shape index (κ3) is 5.28. The number of carbonyl (C=O) groups is 1. The lowest BCUT2D eigenvalue weighted by molar-refractivity contribution is -0.158. The van der Waals surface area contributed by atoms with E-state index in [9.17, 15) is 17.8 Å². The molecule has 3 atom stereocenters. The third-order valence-electron chi connectivity index (χ3n) is 5.90. The Morgan fingerprint density at radius 2 is 1.82 bits per heavy atom. The van der Waals surface area contributed by atoms with Crippen LogP contribution >= 0.6 is 0 Å². The van der Waals surface area contributed by atoms with Gasteiger partial charge in [-0.15, -0.1) is 0 Å². The molecule has 2 aromatic rings. The van der Waals surface area contributed by atoms with Gasteiger partial charge in [-0.25, -0.2) is 22.3 Å². The zero-order chi connectivity index (χ0) is 24.0. The fourth-order valence-electron chi connectivity index (χ4n) is 4.34. The van der Waals surface area contributed by atoms with Crippen LogP contribution in [-0.2, 0) is 26.1 Å². The zero-order valence-corrected chi connectivity index (χ0v) is 19.1. The topological polar surface area (TPSA) is 58.6 Å². The highest BCUT2D eigenvalue weighted by molar-refractivity contribution is 7.99. The van der Waals surface area contributed by atoms with E-state index in [0.29, 0.717) is 29.7 Å². The lowest BCUT2D eigenvalue weighted by atomic mass is 9.95. The molecule has 2 fully saturated rings. The van der Waals surface area contributed by atoms with Gasteiger partial charge in [0.25, 0.3) is 11.8 Å². The molecule has 4 rings (SSSR count). The number of hydrogen-bond acceptors (Lipinski definition) is 3. The Morgan fingerprint density at radius 1 is 1.15 bits per heavy atom. The SMILES string of the molecule is C[SH](C)(=O)N[C@@H]1[C@H](Cc2cccc(-c3cc(F)cc(F)c3)c2)N(C(=O)C2CCO2)CC1(F)F. The summed E-state index contributed by atoms with van der Waals surface area (Å²) in [5, 5.41) is 0. The van der Waals surface area contributed by atoms with Gasteiger partial charge in [0.15, 0.2) is 0 Å². The Hall–Kier alpha value is -2.30. The second kappa shape index (κ2) is 8.81. The molecule has 0 saturated carbocycles. The van der Waals surface area contributed by atoms with Gasteiger partial charge >= 0.3 is 0 Å². The normalized spacial score (nSPS) is 25.0. The lowest BCUT2D eigenvalue weighted by Gasteiger charge is -2.34. The van der Waals surface area contributed by atoms with Crippen LogP contribution in [0, 0.1) is 11.6 Å². The summed E-state index contributed by atoms with van der Waals surface area (Å²) in [7, 11) is -3.06. The van der Waals surface area contributed by atoms with Crippen LogP contribution in [0.4, 0.5) is 17.6 Å². The second-order valence-electron chi connectivity index (χ2n) is 8.96. The number of amides is 1. The molecular weight excluding hydrogens is 460 g/mol. The molecule has 0 radical (unpaired) electrons. The molecule has 0 aliphatic carbocycles. The fraction of sp³-hybridized carbons (Fsp3) is 0.435. The summed E-state index contributed by atoms with van der Waals surface area (Å²) in [6.07, 6.45) is 2.47. The van der Waals surface area contributed by atoms with Gasteiger partial charge in [-0.05, 0) is 35.2 Å². The Morgan fingerprint density at radius 3 is 2.39 bits per heavy atom. The van der Waals surface area contributed by atoms with Crippen molar-refractivity contribution in [2.45, 2.75) is 37.0 Å². The van der Waals surface area contributed by atoms with E-state index in [2.05, 4.69) is 4.72 Å². The predicted octanol–water partition coefficient (Wildman–Crippen LogP) is 2.96. The predicted molar refractivity (Wildman–Crippen MR) is 119 cm³/mol. The van der Waals surface area contributed by atoms with E-state index >= 15 is 8.78 Å². The molecule has 0 spiro atoms. The van der Waals surface area contributed by atoms with Gasteiger partial charge in [-0.1, -0.05) is 34.4 Å². The maximum Gasteiger partial charge on any atom is 0.283 e. The minimum Gasteiger partial charge on any atom is -0.368 e. The van der Waals surface area contributed by atoms with Crippen LogP contribution in [-0.4, -0.2) is 64.8 Å². The first-order chi connectivity index (χ1) is 15.4. The Balaban J connectivity index is 1.67. The second-order valence-corrected chi connectivity index (χ2v) is 11.9. The van der Waals surface area contributed by atoms with E-state index in [1.165, 1.54) is 24.6 Å². The summed E-state index contributed by atoms with van der Waals surface area (Å²) in [5.41, 5.74) is 1.42. The fourth-order valence-corrected chi connectivity index (χ4v) is 5.38. The van der Waals surface area contributed by atoms with Crippen molar-refractivity contribution < 1.29 is 31.3 Å². The van der Waals surface area contributed by atoms with Crippen LogP contribution in [0.15, 0.2) is 42.5 Å². The molecule has 1 unspecified atom stereocenters. The summed E-state index contributed by atoms with van der Waals surface area (Å²) < 4.78 is 77.6. The minimum absolute atomic E-state index is 0.0390. The first kappa shape index (κ1) is 23.8. The first-order valence-electron chi connectivity index (χ1n) is 10.6. The Labute approximate surface area is 190 Å². The molecule has 2 aliphatic rings. The molecule has 180 valence electrons. The maximum absolute atomic E-state index is 15.0. The van der Waals surface area contributed by atoms with Crippen molar-refractivity contribution in [2.24, 2.45) is 0 Å². The largest absolute Gasteiger partial charge is 0.368 e. The van der Waals surface area contributed by atoms with E-state index in [1.807, 2.05) is 0 Å². The molecule has 1 N–H and O–H groups in total. The van der Waals surface area contributed by atoms with E-state index in [1.54, 1.807) is 24.3 Å². The monoisotopic (exact) mass is 486 g/mol. The quantitative estimate of drug-likeness (QED) is 0.488. The number of carbonyl (C=O) groups excluding carboxylic acids is 1. The molecule has 10 heteroatoms. The number of nitrogens with zero attached hydrogens (tertiary/aromatic N) is 1. The minimum atomic E-state index is -3.30. The molecule has 1 amide bonds. The van der Waals surface area contributed by atoms with Crippen molar-refractivity contribution in [2.75, 3.05) is 25.7 Å². The maximum atomic E-state index is 15.0. The van der Waals surface area contributed by atoms with Crippen molar-refractivity contribution in [3.05, 3.63) is 59.7 Å². The smallest absolute Gasteiger partial charge is 0.283 e. The van der Waals surface area contributed by atoms with E-state index in [4.69, 9.17) is 4.74 Å². The highest BCUT2D eigenvalue weighted by Crippen LogP contribution is 2.37. The molecule has 2 aromatic carbocycles. The van der Waals surface area contributed by atoms with Gasteiger partial charge in [-0.3, -0.25) is 9.00 Å². The number of rotatable bonds is 6. The molecule has 33 heavy (non-hydrogen) atoms. The number of hydrogen-bond donors (Lipinski definition) is 2. The average Bonchev–Trinajstić information content (AvgIpc) is 2.89. The number of likely N-dealkylation sites (tertiary alicyclic amines) is 1. The summed E-state index contributed by atoms with van der Waals surface area (Å²) >= 11 is 0. The number of nitrogens with one attached hydrogen (secondary N) is 1. The van der Waals surface area contributed by atoms with Gasteiger partial charge in [-0.2, -0.15) is 0 Å². The number of ether oxygens (including phenoxy) is 1. The summed E-state index contributed by atoms with van der Waals surface area (Å²) in [6, 6.07) is 7.32. The molecule has 2 aliphatic heterocycles. The average molecular weight is 487 g/mol. The van der Waals surface area contributed by atoms with Crippen molar-refractivity contribution in [1.82, 2.24) is 9.62 Å². The molecule has 5 nitrogen and oxygen atoms in total. The molecule has 0 bridgehead atoms. The van der Waals surface area contributed by atoms with Gasteiger partial charge < -0.3 is 9.64 Å². The first-order valence-corrected chi connectivity index (χ1v) is 13.2. The standard InChI is InChI=1S/C23H26F4N2O3S/c1-33(2,31)28-21-19(29(13-23(21,26)27)22(30)20-6-7-32-20)9-14-4-3-5-15(8-14)16-10-17(24)12-18(25)11-16/h3-5,8,10-12,19-21,33H,6-7,9,13H2,1-2H3,(H,28,31)/t19-,20?,21+/m0/s1. The van der Waals surface area contributed by atoms with Crippen LogP contribution < -0.4 is 4.72 Å². The number of halogens is 4. The van der Waals surface area contributed by atoms with E-state index in [0.717, 1.165) is 11.0 Å². The number of thiol groups is 1. The van der Waals surface area contributed by atoms with Crippen molar-refractivity contribution >= 4 is 16.0 Å². The van der Waals surface area contributed by atoms with Gasteiger partial charge in [0.05, 0.1) is 19.2 Å². The molecule has 2 heterocycles. The number of alkyl halides is 2. The Kier molecular flexibility index (Phi) is 6.36. The van der Waals surface area contributed by atoms with Crippen molar-refractivity contribution in [3.8, 4) is 11.1 Å². The van der Waals surface area contributed by atoms with Gasteiger partial charge in [0.1, 0.15) is 23.8 Å². The molecule has 2 saturated heterocycles. The van der Waals surface area contributed by atoms with Crippen molar-refractivity contribution in [1.29, 1.82) is 0 Å². The number of benzene rings is 2. The van der Waals surface area contributed by atoms with E-state index in [-0.39, 0.29) is 6.42 Å². The van der Waals surface area contributed by atoms with Gasteiger partial charge in [0.2, 0.25) is 0 Å². The highest BCUT2D eigenvalue weighted by Gasteiger charge is 2.57. The van der Waals surface area contributed by atoms with Crippen LogP contribution in [0.1, 0.15) is 12.0 Å². The zero-order valence-electron chi connectivity index (χ0n) is 18.2. The molecule has 0 aromatic heterocycles. The summed E-state index contributed by atoms with van der Waals surface area (Å²) in [4.78, 5) is 14.0.